The first kappa shape index (κ1) is 15.3. The van der Waals surface area contributed by atoms with Gasteiger partial charge in [-0.15, -0.1) is 0 Å². The first-order valence-electron chi connectivity index (χ1n) is 7.52. The van der Waals surface area contributed by atoms with E-state index in [2.05, 4.69) is 24.8 Å². The number of nitrogens with zero attached hydrogens (tertiary/aromatic N) is 1. The lowest BCUT2D eigenvalue weighted by atomic mass is 9.91. The molecule has 1 fully saturated rings. The molecule has 1 aromatic rings. The number of thioether (sulfide) groups is 1. The Morgan fingerprint density at radius 1 is 1.30 bits per heavy atom. The molecule has 1 saturated carbocycles. The van der Waals surface area contributed by atoms with Crippen molar-refractivity contribution in [2.24, 2.45) is 5.92 Å². The van der Waals surface area contributed by atoms with Gasteiger partial charge in [0.25, 0.3) is 0 Å². The van der Waals surface area contributed by atoms with Crippen LogP contribution < -0.4 is 4.74 Å². The summed E-state index contributed by atoms with van der Waals surface area (Å²) < 4.78 is 5.69. The highest BCUT2D eigenvalue weighted by Gasteiger charge is 2.18. The molecule has 3 heteroatoms. The van der Waals surface area contributed by atoms with Crippen molar-refractivity contribution in [1.29, 1.82) is 5.26 Å². The summed E-state index contributed by atoms with van der Waals surface area (Å²) in [5.74, 6) is 2.96. The molecule has 108 valence electrons. The highest BCUT2D eigenvalue weighted by molar-refractivity contribution is 7.99. The Hall–Kier alpha value is -1.14. The third kappa shape index (κ3) is 5.09. The van der Waals surface area contributed by atoms with Gasteiger partial charge >= 0.3 is 0 Å². The average molecular weight is 289 g/mol. The number of hydrogen-bond acceptors (Lipinski definition) is 3. The maximum absolute atomic E-state index is 8.72. The van der Waals surface area contributed by atoms with Crippen molar-refractivity contribution in [3.05, 3.63) is 29.8 Å². The summed E-state index contributed by atoms with van der Waals surface area (Å²) in [4.78, 5) is 0. The zero-order valence-corrected chi connectivity index (χ0v) is 13.0. The zero-order valence-electron chi connectivity index (χ0n) is 12.2. The van der Waals surface area contributed by atoms with E-state index in [0.29, 0.717) is 5.56 Å². The Balaban J connectivity index is 1.58. The molecule has 0 saturated heterocycles. The molecule has 2 rings (SSSR count). The van der Waals surface area contributed by atoms with Gasteiger partial charge in [0.2, 0.25) is 0 Å². The molecule has 0 amide bonds. The third-order valence-electron chi connectivity index (χ3n) is 3.78. The lowest BCUT2D eigenvalue weighted by Gasteiger charge is -2.26. The molecule has 1 aromatic carbocycles. The summed E-state index contributed by atoms with van der Waals surface area (Å²) in [6.45, 7) is 3.14. The summed E-state index contributed by atoms with van der Waals surface area (Å²) in [6, 6.07) is 9.45. The van der Waals surface area contributed by atoms with E-state index >= 15 is 0 Å². The van der Waals surface area contributed by atoms with Crippen molar-refractivity contribution in [2.75, 3.05) is 12.4 Å². The molecule has 0 heterocycles. The van der Waals surface area contributed by atoms with Crippen LogP contribution in [0.4, 0.5) is 0 Å². The fraction of sp³-hybridized carbons (Fsp3) is 0.588. The van der Waals surface area contributed by atoms with Crippen LogP contribution in [0.5, 0.6) is 5.75 Å². The van der Waals surface area contributed by atoms with Gasteiger partial charge in [-0.25, -0.2) is 0 Å². The van der Waals surface area contributed by atoms with Crippen LogP contribution in [-0.2, 0) is 0 Å². The Morgan fingerprint density at radius 2 is 2.10 bits per heavy atom. The van der Waals surface area contributed by atoms with Gasteiger partial charge in [0.05, 0.1) is 18.2 Å². The molecule has 0 aliphatic heterocycles. The maximum atomic E-state index is 8.72. The minimum absolute atomic E-state index is 0.680. The molecule has 1 aliphatic carbocycles. The molecular formula is C17H23NOS. The van der Waals surface area contributed by atoms with Crippen LogP contribution in [0.15, 0.2) is 24.3 Å². The molecule has 0 radical (unpaired) electrons. The molecule has 1 aliphatic rings. The lowest BCUT2D eigenvalue weighted by Crippen LogP contribution is -2.15. The van der Waals surface area contributed by atoms with Crippen molar-refractivity contribution in [3.8, 4) is 11.8 Å². The van der Waals surface area contributed by atoms with Crippen LogP contribution in [0.1, 0.15) is 44.6 Å². The number of ether oxygens (including phenoxy) is 1. The quantitative estimate of drug-likeness (QED) is 0.715. The predicted octanol–water partition coefficient (Wildman–Crippen LogP) is 4.64. The van der Waals surface area contributed by atoms with Gasteiger partial charge in [-0.2, -0.15) is 17.0 Å². The molecule has 2 nitrogen and oxygen atoms in total. The van der Waals surface area contributed by atoms with Crippen LogP contribution in [0.2, 0.25) is 0 Å². The molecular weight excluding hydrogens is 266 g/mol. The SMILES string of the molecule is CC1CCCC(SCCCOc2ccc(C#N)cc2)C1. The normalized spacial score (nSPS) is 22.2. The number of rotatable bonds is 6. The van der Waals surface area contributed by atoms with Crippen LogP contribution in [0.25, 0.3) is 0 Å². The summed E-state index contributed by atoms with van der Waals surface area (Å²) >= 11 is 2.12. The number of nitriles is 1. The second kappa shape index (κ2) is 8.21. The number of benzene rings is 1. The first-order valence-corrected chi connectivity index (χ1v) is 8.57. The van der Waals surface area contributed by atoms with Crippen molar-refractivity contribution >= 4 is 11.8 Å². The minimum Gasteiger partial charge on any atom is -0.494 e. The summed E-state index contributed by atoms with van der Waals surface area (Å²) in [6.07, 6.45) is 6.70. The standard InChI is InChI=1S/C17H23NOS/c1-14-4-2-5-17(12-14)20-11-3-10-19-16-8-6-15(13-18)7-9-16/h6-9,14,17H,2-5,10-12H2,1H3. The number of hydrogen-bond donors (Lipinski definition) is 0. The fourth-order valence-electron chi connectivity index (χ4n) is 2.65. The van der Waals surface area contributed by atoms with Crippen LogP contribution >= 0.6 is 11.8 Å². The summed E-state index contributed by atoms with van der Waals surface area (Å²) in [7, 11) is 0. The predicted molar refractivity (Wildman–Crippen MR) is 85.1 cm³/mol. The second-order valence-corrected chi connectivity index (χ2v) is 7.01. The summed E-state index contributed by atoms with van der Waals surface area (Å²) in [5, 5.41) is 9.59. The van der Waals surface area contributed by atoms with Crippen molar-refractivity contribution < 1.29 is 4.74 Å². The lowest BCUT2D eigenvalue weighted by molar-refractivity contribution is 0.318. The molecule has 2 unspecified atom stereocenters. The largest absolute Gasteiger partial charge is 0.494 e. The van der Waals surface area contributed by atoms with E-state index in [4.69, 9.17) is 10.00 Å². The van der Waals surface area contributed by atoms with Crippen molar-refractivity contribution in [2.45, 2.75) is 44.3 Å². The van der Waals surface area contributed by atoms with Gasteiger partial charge in [-0.3, -0.25) is 0 Å². The van der Waals surface area contributed by atoms with E-state index in [-0.39, 0.29) is 0 Å². The first-order chi connectivity index (χ1) is 9.78. The van der Waals surface area contributed by atoms with Crippen LogP contribution in [-0.4, -0.2) is 17.6 Å². The Labute approximate surface area is 126 Å². The third-order valence-corrected chi connectivity index (χ3v) is 5.21. The van der Waals surface area contributed by atoms with E-state index < -0.39 is 0 Å². The molecule has 20 heavy (non-hydrogen) atoms. The fourth-order valence-corrected chi connectivity index (χ4v) is 4.07. The Bertz CT molecular complexity index is 437. The Morgan fingerprint density at radius 3 is 2.80 bits per heavy atom. The maximum Gasteiger partial charge on any atom is 0.119 e. The molecule has 0 spiro atoms. The van der Waals surface area contributed by atoms with Gasteiger partial charge < -0.3 is 4.74 Å². The van der Waals surface area contributed by atoms with Crippen molar-refractivity contribution in [3.63, 3.8) is 0 Å². The van der Waals surface area contributed by atoms with Crippen LogP contribution in [0.3, 0.4) is 0 Å². The van der Waals surface area contributed by atoms with E-state index in [1.54, 1.807) is 12.1 Å². The molecule has 0 bridgehead atoms. The average Bonchev–Trinajstić information content (AvgIpc) is 2.48. The molecule has 0 N–H and O–H groups in total. The van der Waals surface area contributed by atoms with Gasteiger partial charge in [-0.05, 0) is 55.2 Å². The topological polar surface area (TPSA) is 33.0 Å². The van der Waals surface area contributed by atoms with E-state index in [0.717, 1.165) is 29.9 Å². The van der Waals surface area contributed by atoms with E-state index in [1.165, 1.54) is 31.4 Å². The summed E-state index contributed by atoms with van der Waals surface area (Å²) in [5.41, 5.74) is 0.680. The van der Waals surface area contributed by atoms with Gasteiger partial charge in [-0.1, -0.05) is 19.8 Å². The Kier molecular flexibility index (Phi) is 6.26. The van der Waals surface area contributed by atoms with Crippen LogP contribution in [0, 0.1) is 17.2 Å². The highest BCUT2D eigenvalue weighted by atomic mass is 32.2. The van der Waals surface area contributed by atoms with Gasteiger partial charge in [0.1, 0.15) is 5.75 Å². The van der Waals surface area contributed by atoms with Crippen molar-refractivity contribution in [1.82, 2.24) is 0 Å². The highest BCUT2D eigenvalue weighted by Crippen LogP contribution is 2.32. The minimum atomic E-state index is 0.680. The molecule has 0 aromatic heterocycles. The smallest absolute Gasteiger partial charge is 0.119 e. The monoisotopic (exact) mass is 289 g/mol. The van der Waals surface area contributed by atoms with E-state index in [9.17, 15) is 0 Å². The second-order valence-electron chi connectivity index (χ2n) is 5.60. The zero-order chi connectivity index (χ0) is 14.2. The molecule has 2 atom stereocenters. The van der Waals surface area contributed by atoms with Gasteiger partial charge in [0.15, 0.2) is 0 Å². The van der Waals surface area contributed by atoms with E-state index in [1.807, 2.05) is 12.1 Å². The van der Waals surface area contributed by atoms with Gasteiger partial charge in [0, 0.05) is 5.25 Å².